The fourth-order valence-electron chi connectivity index (χ4n) is 2.50. The average Bonchev–Trinajstić information content (AvgIpc) is 2.74. The van der Waals surface area contributed by atoms with Gasteiger partial charge in [-0.2, -0.15) is 0 Å². The maximum atomic E-state index is 13.7. The zero-order chi connectivity index (χ0) is 15.1. The van der Waals surface area contributed by atoms with Crippen LogP contribution in [0.4, 0.5) is 10.1 Å². The Morgan fingerprint density at radius 2 is 1.90 bits per heavy atom. The summed E-state index contributed by atoms with van der Waals surface area (Å²) in [6, 6.07) is 11.3. The van der Waals surface area contributed by atoms with Crippen LogP contribution >= 0.6 is 12.2 Å². The topological polar surface area (TPSA) is 24.0 Å². The number of benzene rings is 2. The minimum Gasteiger partial charge on any atom is -0.376 e. The van der Waals surface area contributed by atoms with Gasteiger partial charge in [0.05, 0.1) is 22.4 Å². The lowest BCUT2D eigenvalue weighted by molar-refractivity contribution is 0.620. The first-order valence-corrected chi connectivity index (χ1v) is 7.07. The summed E-state index contributed by atoms with van der Waals surface area (Å²) in [6.45, 7) is 1.76. The summed E-state index contributed by atoms with van der Waals surface area (Å²) < 4.78 is 16.2. The second kappa shape index (κ2) is 5.00. The molecule has 1 aromatic heterocycles. The molecule has 0 unspecified atom stereocenters. The molecule has 3 aromatic rings. The Kier molecular flexibility index (Phi) is 3.29. The van der Waals surface area contributed by atoms with Gasteiger partial charge in [0.25, 0.3) is 0 Å². The first-order valence-electron chi connectivity index (χ1n) is 6.66. The molecule has 21 heavy (non-hydrogen) atoms. The van der Waals surface area contributed by atoms with E-state index in [9.17, 15) is 4.39 Å². The summed E-state index contributed by atoms with van der Waals surface area (Å²) in [5, 5.41) is 0. The van der Waals surface area contributed by atoms with Gasteiger partial charge in [0.2, 0.25) is 0 Å². The zero-order valence-electron chi connectivity index (χ0n) is 12.1. The molecule has 0 fully saturated rings. The number of halogens is 1. The fraction of sp³-hybridized carbons (Fsp3) is 0.188. The van der Waals surface area contributed by atoms with Crippen molar-refractivity contribution in [1.82, 2.24) is 9.55 Å². The van der Waals surface area contributed by atoms with Gasteiger partial charge >= 0.3 is 0 Å². The Hall–Kier alpha value is -2.14. The third kappa shape index (κ3) is 2.23. The van der Waals surface area contributed by atoms with Gasteiger partial charge in [-0.1, -0.05) is 12.1 Å². The summed E-state index contributed by atoms with van der Waals surface area (Å²) in [7, 11) is 3.98. The quantitative estimate of drug-likeness (QED) is 0.717. The largest absolute Gasteiger partial charge is 0.376 e. The van der Waals surface area contributed by atoms with Crippen LogP contribution in [0.15, 0.2) is 36.4 Å². The van der Waals surface area contributed by atoms with Crippen molar-refractivity contribution in [2.24, 2.45) is 0 Å². The third-order valence-corrected chi connectivity index (χ3v) is 3.85. The monoisotopic (exact) mass is 301 g/mol. The molecule has 0 aliphatic heterocycles. The molecule has 0 bridgehead atoms. The Balaban J connectivity index is 2.38. The molecule has 1 heterocycles. The van der Waals surface area contributed by atoms with Crippen molar-refractivity contribution >= 4 is 28.9 Å². The summed E-state index contributed by atoms with van der Waals surface area (Å²) in [4.78, 5) is 5.11. The maximum absolute atomic E-state index is 13.7. The second-order valence-corrected chi connectivity index (χ2v) is 5.65. The molecule has 0 amide bonds. The number of nitrogens with one attached hydrogen (secondary N) is 1. The van der Waals surface area contributed by atoms with Crippen molar-refractivity contribution < 1.29 is 4.39 Å². The number of nitrogens with zero attached hydrogens (tertiary/aromatic N) is 2. The van der Waals surface area contributed by atoms with Gasteiger partial charge in [-0.05, 0) is 49.0 Å². The predicted molar refractivity (Wildman–Crippen MR) is 87.5 cm³/mol. The van der Waals surface area contributed by atoms with E-state index in [2.05, 4.69) is 4.98 Å². The lowest BCUT2D eigenvalue weighted by atomic mass is 10.2. The average molecular weight is 301 g/mol. The van der Waals surface area contributed by atoms with E-state index in [4.69, 9.17) is 12.2 Å². The molecule has 0 saturated carbocycles. The van der Waals surface area contributed by atoms with E-state index in [0.717, 1.165) is 16.9 Å². The van der Waals surface area contributed by atoms with E-state index in [1.165, 1.54) is 6.07 Å². The smallest absolute Gasteiger partial charge is 0.182 e. The first-order chi connectivity index (χ1) is 9.99. The third-order valence-electron chi connectivity index (χ3n) is 3.57. The molecule has 0 saturated heterocycles. The van der Waals surface area contributed by atoms with Crippen LogP contribution in [-0.4, -0.2) is 23.6 Å². The normalized spacial score (nSPS) is 11.0. The zero-order valence-corrected chi connectivity index (χ0v) is 13.0. The van der Waals surface area contributed by atoms with Crippen LogP contribution in [0.5, 0.6) is 0 Å². The number of hydrogen-bond donors (Lipinski definition) is 1. The van der Waals surface area contributed by atoms with E-state index in [1.807, 2.05) is 53.9 Å². The highest BCUT2D eigenvalue weighted by atomic mass is 32.1. The minimum absolute atomic E-state index is 0.230. The van der Waals surface area contributed by atoms with Gasteiger partial charge in [-0.3, -0.25) is 4.57 Å². The van der Waals surface area contributed by atoms with E-state index >= 15 is 0 Å². The Labute approximate surface area is 127 Å². The molecular formula is C16H16FN3S. The van der Waals surface area contributed by atoms with Crippen LogP contribution in [0.2, 0.25) is 0 Å². The second-order valence-electron chi connectivity index (χ2n) is 5.27. The van der Waals surface area contributed by atoms with E-state index in [1.54, 1.807) is 6.92 Å². The van der Waals surface area contributed by atoms with Gasteiger partial charge in [-0.25, -0.2) is 4.39 Å². The number of imidazole rings is 1. The van der Waals surface area contributed by atoms with Crippen LogP contribution in [-0.2, 0) is 0 Å². The SMILES string of the molecule is Cc1cc2c(cc1F)[nH]c(=S)n2-c1ccccc1N(C)C. The highest BCUT2D eigenvalue weighted by molar-refractivity contribution is 7.71. The van der Waals surface area contributed by atoms with Crippen LogP contribution in [0.25, 0.3) is 16.7 Å². The summed E-state index contributed by atoms with van der Waals surface area (Å²) in [5.41, 5.74) is 4.22. The van der Waals surface area contributed by atoms with Crippen molar-refractivity contribution in [3.8, 4) is 5.69 Å². The van der Waals surface area contributed by atoms with Crippen molar-refractivity contribution in [3.05, 3.63) is 52.5 Å². The Bertz CT molecular complexity index is 877. The molecular weight excluding hydrogens is 285 g/mol. The molecule has 1 N–H and O–H groups in total. The highest BCUT2D eigenvalue weighted by Gasteiger charge is 2.13. The lowest BCUT2D eigenvalue weighted by Crippen LogP contribution is -2.12. The van der Waals surface area contributed by atoms with Gasteiger partial charge < -0.3 is 9.88 Å². The number of hydrogen-bond acceptors (Lipinski definition) is 2. The fourth-order valence-corrected chi connectivity index (χ4v) is 2.81. The number of rotatable bonds is 2. The predicted octanol–water partition coefficient (Wildman–Crippen LogP) is 4.20. The van der Waals surface area contributed by atoms with Crippen LogP contribution in [0.3, 0.4) is 0 Å². The number of H-pyrrole nitrogens is 1. The van der Waals surface area contributed by atoms with Gasteiger partial charge in [-0.15, -0.1) is 0 Å². The van der Waals surface area contributed by atoms with Gasteiger partial charge in [0.15, 0.2) is 4.77 Å². The van der Waals surface area contributed by atoms with Crippen molar-refractivity contribution in [1.29, 1.82) is 0 Å². The number of aromatic amines is 1. The van der Waals surface area contributed by atoms with E-state index in [0.29, 0.717) is 15.9 Å². The molecule has 0 spiro atoms. The standard InChI is InChI=1S/C16H16FN3S/c1-10-8-15-12(9-11(10)17)18-16(21)20(15)14-7-5-4-6-13(14)19(2)3/h4-9H,1-3H3,(H,18,21). The minimum atomic E-state index is -0.230. The highest BCUT2D eigenvalue weighted by Crippen LogP contribution is 2.28. The number of aromatic nitrogens is 2. The molecule has 3 rings (SSSR count). The number of aryl methyl sites for hydroxylation is 1. The van der Waals surface area contributed by atoms with Gasteiger partial charge in [0, 0.05) is 14.1 Å². The van der Waals surface area contributed by atoms with Crippen LogP contribution in [0.1, 0.15) is 5.56 Å². The summed E-state index contributed by atoms with van der Waals surface area (Å²) in [6.07, 6.45) is 0. The van der Waals surface area contributed by atoms with Gasteiger partial charge in [0.1, 0.15) is 5.82 Å². The molecule has 3 nitrogen and oxygen atoms in total. The Morgan fingerprint density at radius 3 is 2.62 bits per heavy atom. The molecule has 2 aromatic carbocycles. The van der Waals surface area contributed by atoms with Crippen LogP contribution in [0, 0.1) is 17.5 Å². The number of fused-ring (bicyclic) bond motifs is 1. The summed E-state index contributed by atoms with van der Waals surface area (Å²) >= 11 is 5.43. The van der Waals surface area contributed by atoms with Crippen molar-refractivity contribution in [3.63, 3.8) is 0 Å². The number of para-hydroxylation sites is 2. The molecule has 5 heteroatoms. The number of anilines is 1. The van der Waals surface area contributed by atoms with Crippen molar-refractivity contribution in [2.75, 3.05) is 19.0 Å². The van der Waals surface area contributed by atoms with Crippen LogP contribution < -0.4 is 4.90 Å². The van der Waals surface area contributed by atoms with Crippen molar-refractivity contribution in [2.45, 2.75) is 6.92 Å². The molecule has 0 aliphatic carbocycles. The molecule has 0 atom stereocenters. The molecule has 0 radical (unpaired) electrons. The van der Waals surface area contributed by atoms with E-state index in [-0.39, 0.29) is 5.82 Å². The molecule has 0 aliphatic rings. The maximum Gasteiger partial charge on any atom is 0.182 e. The summed E-state index contributed by atoms with van der Waals surface area (Å²) in [5.74, 6) is -0.230. The van der Waals surface area contributed by atoms with E-state index < -0.39 is 0 Å². The Morgan fingerprint density at radius 1 is 1.19 bits per heavy atom. The molecule has 108 valence electrons. The first kappa shape index (κ1) is 13.8. The lowest BCUT2D eigenvalue weighted by Gasteiger charge is -2.18.